The van der Waals surface area contributed by atoms with Crippen LogP contribution in [0.15, 0.2) is 9.70 Å². The number of carbonyl (C=O) groups excluding carboxylic acids is 1. The molecule has 0 aromatic carbocycles. The first-order chi connectivity index (χ1) is 16.2. The minimum Gasteiger partial charge on any atom is -0.378 e. The van der Waals surface area contributed by atoms with Gasteiger partial charge in [-0.1, -0.05) is 30.9 Å². The van der Waals surface area contributed by atoms with Crippen LogP contribution in [0.1, 0.15) is 36.5 Å². The molecule has 0 saturated carbocycles. The molecule has 0 aliphatic carbocycles. The summed E-state index contributed by atoms with van der Waals surface area (Å²) in [5, 5.41) is 9.73. The fourth-order valence-corrected chi connectivity index (χ4v) is 7.68. The highest BCUT2D eigenvalue weighted by molar-refractivity contribution is 8.26. The van der Waals surface area contributed by atoms with Gasteiger partial charge < -0.3 is 9.64 Å². The Balaban J connectivity index is 1.84. The first kappa shape index (κ1) is 24.9. The Labute approximate surface area is 208 Å². The molecule has 1 amide bonds. The lowest BCUT2D eigenvalue weighted by Crippen LogP contribution is -2.41. The van der Waals surface area contributed by atoms with Crippen molar-refractivity contribution < 1.29 is 17.9 Å². The Hall–Kier alpha value is -2.20. The van der Waals surface area contributed by atoms with E-state index in [0.29, 0.717) is 71.9 Å². The van der Waals surface area contributed by atoms with Crippen molar-refractivity contribution in [3.05, 3.63) is 31.9 Å². The summed E-state index contributed by atoms with van der Waals surface area (Å²) < 4.78 is 31.4. The first-order valence-corrected chi connectivity index (χ1v) is 14.2. The van der Waals surface area contributed by atoms with E-state index >= 15 is 0 Å². The lowest BCUT2D eigenvalue weighted by Gasteiger charge is -2.33. The molecule has 1 aromatic heterocycles. The quantitative estimate of drug-likeness (QED) is 0.421. The maximum atomic E-state index is 13.3. The third kappa shape index (κ3) is 4.54. The molecular weight excluding hydrogens is 496 g/mol. The monoisotopic (exact) mass is 522 g/mol. The molecule has 0 bridgehead atoms. The predicted octanol–water partition coefficient (Wildman–Crippen LogP) is 1.66. The van der Waals surface area contributed by atoms with Gasteiger partial charge in [-0.3, -0.25) is 19.1 Å². The van der Waals surface area contributed by atoms with Crippen LogP contribution in [-0.4, -0.2) is 72.0 Å². The average Bonchev–Trinajstić information content (AvgIpc) is 3.29. The first-order valence-electron chi connectivity index (χ1n) is 11.2. The number of pyridine rings is 1. The van der Waals surface area contributed by atoms with Crippen LogP contribution in [0.25, 0.3) is 6.08 Å². The van der Waals surface area contributed by atoms with E-state index in [2.05, 4.69) is 4.90 Å². The predicted molar refractivity (Wildman–Crippen MR) is 136 cm³/mol. The van der Waals surface area contributed by atoms with E-state index in [4.69, 9.17) is 17.0 Å². The third-order valence-electron chi connectivity index (χ3n) is 6.28. The van der Waals surface area contributed by atoms with Crippen molar-refractivity contribution >= 4 is 55.9 Å². The van der Waals surface area contributed by atoms with E-state index < -0.39 is 15.9 Å². The molecular formula is C22H26N4O5S3. The van der Waals surface area contributed by atoms with Gasteiger partial charge in [-0.2, -0.15) is 5.26 Å². The molecule has 1 aromatic rings. The molecule has 0 N–H and O–H groups in total. The molecule has 182 valence electrons. The summed E-state index contributed by atoms with van der Waals surface area (Å²) in [5.41, 5.74) is 0.847. The minimum atomic E-state index is -3.18. The molecule has 34 heavy (non-hydrogen) atoms. The number of amides is 1. The summed E-state index contributed by atoms with van der Waals surface area (Å²) in [4.78, 5) is 30.3. The number of anilines is 1. The van der Waals surface area contributed by atoms with Crippen molar-refractivity contribution in [2.45, 2.75) is 39.3 Å². The van der Waals surface area contributed by atoms with E-state index in [1.54, 1.807) is 17.6 Å². The molecule has 12 heteroatoms. The molecule has 3 aliphatic heterocycles. The SMILES string of the molecule is CCCn1c(N2CCOCC2)c(/C=C2\SC(=S)N(C3CCS(=O)(=O)C3)C2=O)c(C)c(C#N)c1=O. The van der Waals surface area contributed by atoms with E-state index in [9.17, 15) is 23.3 Å². The Morgan fingerprint density at radius 2 is 2.00 bits per heavy atom. The molecule has 4 heterocycles. The van der Waals surface area contributed by atoms with Crippen molar-refractivity contribution in [3.63, 3.8) is 0 Å². The molecule has 0 spiro atoms. The van der Waals surface area contributed by atoms with Crippen LogP contribution >= 0.6 is 24.0 Å². The van der Waals surface area contributed by atoms with Crippen LogP contribution in [0, 0.1) is 18.3 Å². The molecule has 9 nitrogen and oxygen atoms in total. The van der Waals surface area contributed by atoms with E-state index in [0.717, 1.165) is 11.8 Å². The van der Waals surface area contributed by atoms with Gasteiger partial charge in [0, 0.05) is 25.2 Å². The number of rotatable bonds is 5. The number of thiocarbonyl (C=S) groups is 1. The summed E-state index contributed by atoms with van der Waals surface area (Å²) >= 11 is 6.57. The largest absolute Gasteiger partial charge is 0.378 e. The van der Waals surface area contributed by atoms with Crippen LogP contribution in [0.4, 0.5) is 5.82 Å². The number of sulfone groups is 1. The van der Waals surface area contributed by atoms with Gasteiger partial charge in [-0.05, 0) is 31.4 Å². The highest BCUT2D eigenvalue weighted by Crippen LogP contribution is 2.38. The van der Waals surface area contributed by atoms with Gasteiger partial charge in [0.1, 0.15) is 21.8 Å². The fraction of sp³-hybridized carbons (Fsp3) is 0.545. The van der Waals surface area contributed by atoms with Crippen molar-refractivity contribution in [2.24, 2.45) is 0 Å². The topological polar surface area (TPSA) is 113 Å². The summed E-state index contributed by atoms with van der Waals surface area (Å²) in [6.07, 6.45) is 2.76. The van der Waals surface area contributed by atoms with E-state index in [-0.39, 0.29) is 28.5 Å². The van der Waals surface area contributed by atoms with Gasteiger partial charge in [-0.25, -0.2) is 8.42 Å². The Morgan fingerprint density at radius 3 is 2.59 bits per heavy atom. The van der Waals surface area contributed by atoms with Crippen LogP contribution in [-0.2, 0) is 25.9 Å². The van der Waals surface area contributed by atoms with Crippen molar-refractivity contribution in [1.82, 2.24) is 9.47 Å². The molecule has 1 atom stereocenters. The smallest absolute Gasteiger partial charge is 0.270 e. The van der Waals surface area contributed by atoms with Gasteiger partial charge in [0.2, 0.25) is 0 Å². The number of nitrogens with zero attached hydrogens (tertiary/aromatic N) is 4. The second-order valence-corrected chi connectivity index (χ2v) is 12.4. The van der Waals surface area contributed by atoms with Crippen LogP contribution in [0.5, 0.6) is 0 Å². The lowest BCUT2D eigenvalue weighted by atomic mass is 10.0. The van der Waals surface area contributed by atoms with E-state index in [1.165, 1.54) is 4.90 Å². The summed E-state index contributed by atoms with van der Waals surface area (Å²) in [6, 6.07) is 1.57. The number of thioether (sulfide) groups is 1. The number of carbonyl (C=O) groups is 1. The van der Waals surface area contributed by atoms with Crippen molar-refractivity contribution in [3.8, 4) is 6.07 Å². The Bertz CT molecular complexity index is 1270. The number of nitriles is 1. The summed E-state index contributed by atoms with van der Waals surface area (Å²) in [7, 11) is -3.18. The maximum absolute atomic E-state index is 13.3. The highest BCUT2D eigenvalue weighted by Gasteiger charge is 2.42. The number of morpholine rings is 1. The molecule has 3 fully saturated rings. The highest BCUT2D eigenvalue weighted by atomic mass is 32.2. The van der Waals surface area contributed by atoms with Crippen molar-refractivity contribution in [1.29, 1.82) is 5.26 Å². The zero-order valence-corrected chi connectivity index (χ0v) is 21.5. The Morgan fingerprint density at radius 1 is 1.29 bits per heavy atom. The molecule has 1 unspecified atom stereocenters. The van der Waals surface area contributed by atoms with Gasteiger partial charge >= 0.3 is 0 Å². The van der Waals surface area contributed by atoms with Gasteiger partial charge in [0.15, 0.2) is 9.84 Å². The number of aromatic nitrogens is 1. The number of hydrogen-bond acceptors (Lipinski definition) is 9. The van der Waals surface area contributed by atoms with Crippen LogP contribution in [0.3, 0.4) is 0 Å². The number of hydrogen-bond donors (Lipinski definition) is 0. The van der Waals surface area contributed by atoms with E-state index in [1.807, 2.05) is 13.0 Å². The second-order valence-electron chi connectivity index (χ2n) is 8.51. The minimum absolute atomic E-state index is 0.0432. The lowest BCUT2D eigenvalue weighted by molar-refractivity contribution is -0.123. The average molecular weight is 523 g/mol. The van der Waals surface area contributed by atoms with Crippen molar-refractivity contribution in [2.75, 3.05) is 42.7 Å². The fourth-order valence-electron chi connectivity index (χ4n) is 4.60. The van der Waals surface area contributed by atoms with Gasteiger partial charge in [0.25, 0.3) is 11.5 Å². The van der Waals surface area contributed by atoms with Crippen LogP contribution < -0.4 is 10.5 Å². The van der Waals surface area contributed by atoms with Gasteiger partial charge in [-0.15, -0.1) is 0 Å². The molecule has 3 saturated heterocycles. The maximum Gasteiger partial charge on any atom is 0.270 e. The molecule has 3 aliphatic rings. The molecule has 0 radical (unpaired) electrons. The normalized spacial score (nSPS) is 23.7. The zero-order chi connectivity index (χ0) is 24.6. The summed E-state index contributed by atoms with van der Waals surface area (Å²) in [5.74, 6) is 0.281. The van der Waals surface area contributed by atoms with Gasteiger partial charge in [0.05, 0.1) is 35.7 Å². The van der Waals surface area contributed by atoms with Crippen LogP contribution in [0.2, 0.25) is 0 Å². The number of ether oxygens (including phenoxy) is 1. The standard InChI is InChI=1S/C22H26N4O5S3/c1-3-5-25-19(24-6-8-31-9-7-24)16(14(2)17(12-23)20(25)27)11-18-21(28)26(22(32)33-18)15-4-10-34(29,30)13-15/h11,15H,3-10,13H2,1-2H3/b18-11-. The Kier molecular flexibility index (Phi) is 7.19. The third-order valence-corrected chi connectivity index (χ3v) is 9.36. The molecule has 4 rings (SSSR count). The zero-order valence-electron chi connectivity index (χ0n) is 19.1. The second kappa shape index (κ2) is 9.81. The summed E-state index contributed by atoms with van der Waals surface area (Å²) in [6.45, 7) is 6.29.